The Bertz CT molecular complexity index is 1550. The van der Waals surface area contributed by atoms with Gasteiger partial charge in [0.1, 0.15) is 11.6 Å². The number of imidazole rings is 1. The predicted molar refractivity (Wildman–Crippen MR) is 142 cm³/mol. The first kappa shape index (κ1) is 27.1. The standard InChI is InChI=1S/C28H27ClFN3O5S/c29-22-8-3-7-20(14-22)27(34)32(17-24-9-4-12-37-24)16-23-15-31-28(33(23)18-25-10-5-13-38-25)39(35,36)19-21-6-1-2-11-26(21)30/h1-4,6-9,11-12,14-15,25H,5,10,13,16-19H2/t25-/m1/s1. The summed E-state index contributed by atoms with van der Waals surface area (Å²) in [5, 5.41) is 0.230. The molecule has 1 aliphatic heterocycles. The molecule has 2 aromatic heterocycles. The van der Waals surface area contributed by atoms with Crippen molar-refractivity contribution in [2.45, 2.75) is 49.5 Å². The lowest BCUT2D eigenvalue weighted by Crippen LogP contribution is -2.32. The molecule has 5 rings (SSSR count). The number of halogens is 2. The topological polar surface area (TPSA) is 94.6 Å². The third kappa shape index (κ3) is 6.41. The average molecular weight is 572 g/mol. The summed E-state index contributed by atoms with van der Waals surface area (Å²) < 4.78 is 54.2. The molecule has 1 aliphatic rings. The number of ether oxygens (including phenoxy) is 1. The molecule has 204 valence electrons. The minimum atomic E-state index is -4.03. The van der Waals surface area contributed by atoms with E-state index in [1.165, 1.54) is 30.7 Å². The van der Waals surface area contributed by atoms with Crippen molar-refractivity contribution in [3.63, 3.8) is 0 Å². The fourth-order valence-corrected chi connectivity index (χ4v) is 6.33. The van der Waals surface area contributed by atoms with E-state index in [1.54, 1.807) is 51.9 Å². The first-order valence-corrected chi connectivity index (χ1v) is 14.5. The van der Waals surface area contributed by atoms with Gasteiger partial charge in [0.2, 0.25) is 15.0 Å². The summed E-state index contributed by atoms with van der Waals surface area (Å²) in [6.45, 7) is 1.01. The maximum absolute atomic E-state index is 14.3. The average Bonchev–Trinajstić information content (AvgIpc) is 3.69. The number of hydrogen-bond acceptors (Lipinski definition) is 6. The molecule has 0 aliphatic carbocycles. The van der Waals surface area contributed by atoms with Crippen LogP contribution < -0.4 is 0 Å². The van der Waals surface area contributed by atoms with Gasteiger partial charge < -0.3 is 18.6 Å². The number of furan rings is 1. The Morgan fingerprint density at radius 3 is 2.69 bits per heavy atom. The van der Waals surface area contributed by atoms with Crippen LogP contribution in [0, 0.1) is 5.82 Å². The van der Waals surface area contributed by atoms with Gasteiger partial charge in [-0.2, -0.15) is 0 Å². The van der Waals surface area contributed by atoms with Gasteiger partial charge in [0.25, 0.3) is 5.91 Å². The summed E-state index contributed by atoms with van der Waals surface area (Å²) >= 11 is 6.14. The molecule has 0 unspecified atom stereocenters. The van der Waals surface area contributed by atoms with Gasteiger partial charge in [0, 0.05) is 22.8 Å². The van der Waals surface area contributed by atoms with Gasteiger partial charge in [0.15, 0.2) is 0 Å². The largest absolute Gasteiger partial charge is 0.467 e. The number of sulfone groups is 1. The van der Waals surface area contributed by atoms with Crippen molar-refractivity contribution < 1.29 is 26.8 Å². The Morgan fingerprint density at radius 2 is 1.97 bits per heavy atom. The van der Waals surface area contributed by atoms with Crippen molar-refractivity contribution in [1.29, 1.82) is 0 Å². The lowest BCUT2D eigenvalue weighted by atomic mass is 10.2. The van der Waals surface area contributed by atoms with E-state index in [9.17, 15) is 17.6 Å². The van der Waals surface area contributed by atoms with Gasteiger partial charge in [-0.15, -0.1) is 0 Å². The van der Waals surface area contributed by atoms with Gasteiger partial charge in [-0.25, -0.2) is 17.8 Å². The first-order chi connectivity index (χ1) is 18.8. The van der Waals surface area contributed by atoms with Crippen LogP contribution in [0.15, 0.2) is 82.7 Å². The molecule has 1 amide bonds. The van der Waals surface area contributed by atoms with E-state index in [-0.39, 0.29) is 42.4 Å². The minimum absolute atomic E-state index is 0.0426. The van der Waals surface area contributed by atoms with E-state index in [0.717, 1.165) is 12.8 Å². The van der Waals surface area contributed by atoms with Crippen LogP contribution in [-0.2, 0) is 40.0 Å². The second kappa shape index (κ2) is 11.7. The number of aromatic nitrogens is 2. The zero-order valence-corrected chi connectivity index (χ0v) is 22.6. The van der Waals surface area contributed by atoms with Crippen LogP contribution in [0.1, 0.15) is 40.2 Å². The summed E-state index contributed by atoms with van der Waals surface area (Å²) in [5.74, 6) is -0.896. The Morgan fingerprint density at radius 1 is 1.13 bits per heavy atom. The van der Waals surface area contributed by atoms with Crippen LogP contribution in [0.4, 0.5) is 4.39 Å². The molecule has 2 aromatic carbocycles. The van der Waals surface area contributed by atoms with Gasteiger partial charge in [-0.05, 0) is 49.2 Å². The van der Waals surface area contributed by atoms with Crippen molar-refractivity contribution in [2.24, 2.45) is 0 Å². The van der Waals surface area contributed by atoms with Crippen LogP contribution >= 0.6 is 11.6 Å². The van der Waals surface area contributed by atoms with Crippen LogP contribution in [0.25, 0.3) is 0 Å². The number of carbonyl (C=O) groups excluding carboxylic acids is 1. The number of rotatable bonds is 10. The highest BCUT2D eigenvalue weighted by atomic mass is 35.5. The van der Waals surface area contributed by atoms with E-state index in [4.69, 9.17) is 20.8 Å². The third-order valence-corrected chi connectivity index (χ3v) is 8.34. The molecule has 0 spiro atoms. The minimum Gasteiger partial charge on any atom is -0.467 e. The molecular formula is C28H27ClFN3O5S. The molecule has 0 bridgehead atoms. The van der Waals surface area contributed by atoms with Crippen LogP contribution in [-0.4, -0.2) is 41.5 Å². The fourth-order valence-electron chi connectivity index (χ4n) is 4.63. The molecule has 1 fully saturated rings. The number of benzene rings is 2. The van der Waals surface area contributed by atoms with Crippen LogP contribution in [0.3, 0.4) is 0 Å². The molecule has 8 nitrogen and oxygen atoms in total. The molecule has 0 saturated carbocycles. The van der Waals surface area contributed by atoms with E-state index in [2.05, 4.69) is 4.98 Å². The van der Waals surface area contributed by atoms with Gasteiger partial charge in [-0.3, -0.25) is 4.79 Å². The quantitative estimate of drug-likeness (QED) is 0.258. The van der Waals surface area contributed by atoms with Crippen molar-refractivity contribution in [1.82, 2.24) is 14.5 Å². The summed E-state index contributed by atoms with van der Waals surface area (Å²) in [6.07, 6.45) is 4.39. The van der Waals surface area contributed by atoms with Crippen molar-refractivity contribution in [2.75, 3.05) is 6.61 Å². The summed E-state index contributed by atoms with van der Waals surface area (Å²) in [7, 11) is -4.03. The Kier molecular flexibility index (Phi) is 8.15. The lowest BCUT2D eigenvalue weighted by molar-refractivity contribution is 0.0706. The summed E-state index contributed by atoms with van der Waals surface area (Å²) in [4.78, 5) is 19.4. The van der Waals surface area contributed by atoms with Crippen LogP contribution in [0.2, 0.25) is 5.02 Å². The van der Waals surface area contributed by atoms with Crippen molar-refractivity contribution in [3.05, 3.63) is 107 Å². The highest BCUT2D eigenvalue weighted by Gasteiger charge is 2.29. The number of amides is 1. The molecule has 4 aromatic rings. The predicted octanol–water partition coefficient (Wildman–Crippen LogP) is 5.26. The smallest absolute Gasteiger partial charge is 0.254 e. The fraction of sp³-hybridized carbons (Fsp3) is 0.286. The second-order valence-electron chi connectivity index (χ2n) is 9.38. The third-order valence-electron chi connectivity index (χ3n) is 6.53. The van der Waals surface area contributed by atoms with Gasteiger partial charge in [-0.1, -0.05) is 35.9 Å². The van der Waals surface area contributed by atoms with E-state index >= 15 is 0 Å². The maximum atomic E-state index is 14.3. The second-order valence-corrected chi connectivity index (χ2v) is 11.7. The normalized spacial score (nSPS) is 15.5. The van der Waals surface area contributed by atoms with Crippen LogP contribution in [0.5, 0.6) is 0 Å². The molecule has 11 heteroatoms. The highest BCUT2D eigenvalue weighted by molar-refractivity contribution is 7.90. The van der Waals surface area contributed by atoms with Gasteiger partial charge in [0.05, 0.1) is 49.6 Å². The lowest BCUT2D eigenvalue weighted by Gasteiger charge is -2.24. The molecule has 39 heavy (non-hydrogen) atoms. The van der Waals surface area contributed by atoms with Crippen molar-refractivity contribution in [3.8, 4) is 0 Å². The Labute approximate surface area is 230 Å². The Balaban J connectivity index is 1.50. The number of carbonyl (C=O) groups is 1. The molecule has 3 heterocycles. The van der Waals surface area contributed by atoms with E-state index in [0.29, 0.717) is 28.6 Å². The first-order valence-electron chi connectivity index (χ1n) is 12.5. The highest BCUT2D eigenvalue weighted by Crippen LogP contribution is 2.25. The van der Waals surface area contributed by atoms with E-state index < -0.39 is 21.4 Å². The molecule has 1 atom stereocenters. The summed E-state index contributed by atoms with van der Waals surface area (Å²) in [5.41, 5.74) is 0.937. The number of nitrogens with zero attached hydrogens (tertiary/aromatic N) is 3. The van der Waals surface area contributed by atoms with Crippen molar-refractivity contribution >= 4 is 27.3 Å². The zero-order valence-electron chi connectivity index (χ0n) is 21.0. The van der Waals surface area contributed by atoms with E-state index in [1.807, 2.05) is 0 Å². The number of hydrogen-bond donors (Lipinski definition) is 0. The summed E-state index contributed by atoms with van der Waals surface area (Å²) in [6, 6.07) is 15.9. The zero-order chi connectivity index (χ0) is 27.4. The molecular weight excluding hydrogens is 545 g/mol. The maximum Gasteiger partial charge on any atom is 0.254 e. The molecule has 0 radical (unpaired) electrons. The molecule has 0 N–H and O–H groups in total. The SMILES string of the molecule is O=C(c1cccc(Cl)c1)N(Cc1ccco1)Cc1cnc(S(=O)(=O)Cc2ccccc2F)n1C[C@H]1CCCO1. The monoisotopic (exact) mass is 571 g/mol. The Hall–Kier alpha value is -3.47. The molecule has 1 saturated heterocycles. The van der Waals surface area contributed by atoms with Gasteiger partial charge >= 0.3 is 0 Å².